The number of fused-ring (bicyclic) bond motifs is 1. The smallest absolute Gasteiger partial charge is 0.307 e. The molecule has 1 aromatic carbocycles. The van der Waals surface area contributed by atoms with E-state index in [1.165, 1.54) is 7.11 Å². The van der Waals surface area contributed by atoms with Crippen molar-refractivity contribution in [3.05, 3.63) is 42.1 Å². The highest BCUT2D eigenvalue weighted by Gasteiger charge is 2.32. The zero-order chi connectivity index (χ0) is 16.2. The minimum Gasteiger partial charge on any atom is -0.469 e. The average Bonchev–Trinajstić information content (AvgIpc) is 2.58. The number of esters is 1. The van der Waals surface area contributed by atoms with Gasteiger partial charge in [0.2, 0.25) is 5.91 Å². The number of nitrogens with zero attached hydrogens (tertiary/aromatic N) is 2. The van der Waals surface area contributed by atoms with E-state index < -0.39 is 6.04 Å². The first-order valence-corrected chi connectivity index (χ1v) is 7.60. The van der Waals surface area contributed by atoms with Crippen LogP contribution in [0.4, 0.5) is 0 Å². The molecule has 0 bridgehead atoms. The number of benzene rings is 1. The minimum atomic E-state index is -0.504. The molecule has 0 spiro atoms. The maximum atomic E-state index is 12.1. The summed E-state index contributed by atoms with van der Waals surface area (Å²) in [5.74, 6) is -0.511. The number of nitrogens with one attached hydrogen (secondary N) is 1. The van der Waals surface area contributed by atoms with Gasteiger partial charge in [0.15, 0.2) is 0 Å². The number of para-hydroxylation sites is 1. The number of amides is 1. The molecule has 6 nitrogen and oxygen atoms in total. The summed E-state index contributed by atoms with van der Waals surface area (Å²) in [6.07, 6.45) is 1.82. The normalized spacial score (nSPS) is 18.7. The van der Waals surface area contributed by atoms with E-state index in [4.69, 9.17) is 4.74 Å². The highest BCUT2D eigenvalue weighted by atomic mass is 16.5. The summed E-state index contributed by atoms with van der Waals surface area (Å²) in [5.41, 5.74) is 1.98. The lowest BCUT2D eigenvalue weighted by Gasteiger charge is -2.34. The van der Waals surface area contributed by atoms with Gasteiger partial charge in [-0.3, -0.25) is 19.5 Å². The molecule has 2 aromatic rings. The predicted octanol–water partition coefficient (Wildman–Crippen LogP) is 1.10. The number of piperazine rings is 1. The maximum absolute atomic E-state index is 12.1. The van der Waals surface area contributed by atoms with Gasteiger partial charge in [0.25, 0.3) is 0 Å². The van der Waals surface area contributed by atoms with Crippen LogP contribution in [0.25, 0.3) is 10.9 Å². The second kappa shape index (κ2) is 6.75. The first-order chi connectivity index (χ1) is 11.2. The van der Waals surface area contributed by atoms with E-state index in [1.54, 1.807) is 6.20 Å². The summed E-state index contributed by atoms with van der Waals surface area (Å²) >= 11 is 0. The standard InChI is InChI=1S/C17H19N3O3/c1-23-15(21)10-14-17(22)19-8-9-20(14)11-13-5-2-4-12-6-3-7-18-16(12)13/h2-7,14H,8-11H2,1H3,(H,19,22)/t14-/m0/s1. The van der Waals surface area contributed by atoms with E-state index in [9.17, 15) is 9.59 Å². The maximum Gasteiger partial charge on any atom is 0.307 e. The fourth-order valence-electron chi connectivity index (χ4n) is 2.93. The Balaban J connectivity index is 1.86. The molecule has 2 heterocycles. The number of hydrogen-bond acceptors (Lipinski definition) is 5. The summed E-state index contributed by atoms with van der Waals surface area (Å²) in [5, 5.41) is 3.88. The molecule has 23 heavy (non-hydrogen) atoms. The predicted molar refractivity (Wildman–Crippen MR) is 85.6 cm³/mol. The average molecular weight is 313 g/mol. The molecular weight excluding hydrogens is 294 g/mol. The van der Waals surface area contributed by atoms with Crippen LogP contribution in [-0.4, -0.2) is 48.0 Å². The number of rotatable bonds is 4. The summed E-state index contributed by atoms with van der Waals surface area (Å²) in [7, 11) is 1.34. The molecule has 6 heteroatoms. The van der Waals surface area contributed by atoms with Crippen LogP contribution in [0.15, 0.2) is 36.5 Å². The first-order valence-electron chi connectivity index (χ1n) is 7.60. The van der Waals surface area contributed by atoms with Crippen LogP contribution in [0.3, 0.4) is 0 Å². The molecule has 0 saturated carbocycles. The highest BCUT2D eigenvalue weighted by molar-refractivity contribution is 5.87. The molecule has 120 valence electrons. The van der Waals surface area contributed by atoms with Crippen LogP contribution in [0.2, 0.25) is 0 Å². The molecule has 0 unspecified atom stereocenters. The fraction of sp³-hybridized carbons (Fsp3) is 0.353. The van der Waals surface area contributed by atoms with Gasteiger partial charge in [0, 0.05) is 31.2 Å². The van der Waals surface area contributed by atoms with Crippen molar-refractivity contribution in [3.63, 3.8) is 0 Å². The van der Waals surface area contributed by atoms with Crippen molar-refractivity contribution in [1.82, 2.24) is 15.2 Å². The Morgan fingerprint density at radius 2 is 2.22 bits per heavy atom. The largest absolute Gasteiger partial charge is 0.469 e. The lowest BCUT2D eigenvalue weighted by molar-refractivity contribution is -0.146. The topological polar surface area (TPSA) is 71.5 Å². The summed E-state index contributed by atoms with van der Waals surface area (Å²) in [6, 6.07) is 9.42. The Morgan fingerprint density at radius 3 is 3.04 bits per heavy atom. The van der Waals surface area contributed by atoms with Crippen LogP contribution >= 0.6 is 0 Å². The molecule has 1 saturated heterocycles. The number of aromatic nitrogens is 1. The Labute approximate surface area is 134 Å². The van der Waals surface area contributed by atoms with Gasteiger partial charge >= 0.3 is 5.97 Å². The third kappa shape index (κ3) is 3.32. The Kier molecular flexibility index (Phi) is 4.52. The minimum absolute atomic E-state index is 0.0561. The fourth-order valence-corrected chi connectivity index (χ4v) is 2.93. The molecule has 0 aliphatic carbocycles. The van der Waals surface area contributed by atoms with E-state index in [-0.39, 0.29) is 18.3 Å². The Bertz CT molecular complexity index is 727. The molecule has 1 aliphatic heterocycles. The number of methoxy groups -OCH3 is 1. The van der Waals surface area contributed by atoms with Gasteiger partial charge in [-0.25, -0.2) is 0 Å². The van der Waals surface area contributed by atoms with Crippen LogP contribution in [-0.2, 0) is 20.9 Å². The molecule has 1 aromatic heterocycles. The number of carbonyl (C=O) groups excluding carboxylic acids is 2. The van der Waals surface area contributed by atoms with Crippen LogP contribution in [0.5, 0.6) is 0 Å². The molecule has 1 atom stereocenters. The molecule has 1 fully saturated rings. The van der Waals surface area contributed by atoms with Crippen molar-refractivity contribution in [2.75, 3.05) is 20.2 Å². The van der Waals surface area contributed by atoms with Crippen LogP contribution in [0, 0.1) is 0 Å². The molecule has 1 amide bonds. The van der Waals surface area contributed by atoms with E-state index in [1.807, 2.05) is 35.2 Å². The molecule has 0 radical (unpaired) electrons. The third-order valence-corrected chi connectivity index (χ3v) is 4.12. The zero-order valence-corrected chi connectivity index (χ0v) is 13.0. The first kappa shape index (κ1) is 15.4. The van der Waals surface area contributed by atoms with E-state index in [0.717, 1.165) is 16.5 Å². The second-order valence-electron chi connectivity index (χ2n) is 5.55. The van der Waals surface area contributed by atoms with Crippen molar-refractivity contribution in [2.24, 2.45) is 0 Å². The van der Waals surface area contributed by atoms with Crippen molar-refractivity contribution in [1.29, 1.82) is 0 Å². The zero-order valence-electron chi connectivity index (χ0n) is 13.0. The lowest BCUT2D eigenvalue weighted by atomic mass is 10.1. The molecule has 1 aliphatic rings. The van der Waals surface area contributed by atoms with Gasteiger partial charge in [0.05, 0.1) is 19.0 Å². The SMILES string of the molecule is COC(=O)C[C@H]1C(=O)NCCN1Cc1cccc2cccnc12. The Hall–Kier alpha value is -2.47. The monoisotopic (exact) mass is 313 g/mol. The van der Waals surface area contributed by atoms with Gasteiger partial charge in [-0.1, -0.05) is 24.3 Å². The van der Waals surface area contributed by atoms with E-state index in [0.29, 0.717) is 19.6 Å². The van der Waals surface area contributed by atoms with Crippen molar-refractivity contribution < 1.29 is 14.3 Å². The van der Waals surface area contributed by atoms with Crippen molar-refractivity contribution in [2.45, 2.75) is 19.0 Å². The molecule has 1 N–H and O–H groups in total. The highest BCUT2D eigenvalue weighted by Crippen LogP contribution is 2.20. The number of hydrogen-bond donors (Lipinski definition) is 1. The summed E-state index contributed by atoms with van der Waals surface area (Å²) in [4.78, 5) is 30.2. The van der Waals surface area contributed by atoms with Crippen LogP contribution in [0.1, 0.15) is 12.0 Å². The quantitative estimate of drug-likeness (QED) is 0.856. The van der Waals surface area contributed by atoms with E-state index in [2.05, 4.69) is 10.3 Å². The number of ether oxygens (including phenoxy) is 1. The van der Waals surface area contributed by atoms with Crippen molar-refractivity contribution in [3.8, 4) is 0 Å². The van der Waals surface area contributed by atoms with Gasteiger partial charge in [-0.15, -0.1) is 0 Å². The lowest BCUT2D eigenvalue weighted by Crippen LogP contribution is -2.55. The van der Waals surface area contributed by atoms with Gasteiger partial charge in [-0.2, -0.15) is 0 Å². The van der Waals surface area contributed by atoms with E-state index >= 15 is 0 Å². The number of carbonyl (C=O) groups is 2. The Morgan fingerprint density at radius 1 is 1.39 bits per heavy atom. The summed E-state index contributed by atoms with van der Waals surface area (Å²) in [6.45, 7) is 1.84. The summed E-state index contributed by atoms with van der Waals surface area (Å²) < 4.78 is 4.71. The van der Waals surface area contributed by atoms with Gasteiger partial charge in [-0.05, 0) is 11.6 Å². The van der Waals surface area contributed by atoms with Crippen LogP contribution < -0.4 is 5.32 Å². The molecule has 3 rings (SSSR count). The van der Waals surface area contributed by atoms with Gasteiger partial charge < -0.3 is 10.1 Å². The molecular formula is C17H19N3O3. The number of pyridine rings is 1. The second-order valence-corrected chi connectivity index (χ2v) is 5.55. The third-order valence-electron chi connectivity index (χ3n) is 4.12. The van der Waals surface area contributed by atoms with Gasteiger partial charge in [0.1, 0.15) is 6.04 Å². The van der Waals surface area contributed by atoms with Crippen molar-refractivity contribution >= 4 is 22.8 Å².